The third-order valence-electron chi connectivity index (χ3n) is 6.68. The van der Waals surface area contributed by atoms with Crippen LogP contribution >= 0.6 is 11.3 Å². The lowest BCUT2D eigenvalue weighted by atomic mass is 9.69. The van der Waals surface area contributed by atoms with Gasteiger partial charge in [-0.1, -0.05) is 27.2 Å². The van der Waals surface area contributed by atoms with Crippen molar-refractivity contribution in [1.29, 1.82) is 0 Å². The number of aromatic hydroxyl groups is 1. The maximum Gasteiger partial charge on any atom is 0.256 e. The lowest BCUT2D eigenvalue weighted by Gasteiger charge is -2.36. The Morgan fingerprint density at radius 3 is 2.76 bits per heavy atom. The second-order valence-corrected chi connectivity index (χ2v) is 9.80. The summed E-state index contributed by atoms with van der Waals surface area (Å²) in [6, 6.07) is 5.22. The fourth-order valence-electron chi connectivity index (χ4n) is 4.43. The van der Waals surface area contributed by atoms with Crippen molar-refractivity contribution >= 4 is 22.2 Å². The Hall–Kier alpha value is -2.21. The van der Waals surface area contributed by atoms with Crippen LogP contribution in [0.15, 0.2) is 18.2 Å². The minimum atomic E-state index is -0.450. The largest absolute Gasteiger partial charge is 0.507 e. The first-order valence-corrected chi connectivity index (χ1v) is 11.3. The van der Waals surface area contributed by atoms with Crippen LogP contribution in [0.3, 0.4) is 0 Å². The van der Waals surface area contributed by atoms with E-state index >= 15 is 0 Å². The third kappa shape index (κ3) is 3.59. The Balaban J connectivity index is 1.61. The van der Waals surface area contributed by atoms with E-state index in [2.05, 4.69) is 31.4 Å². The number of carbonyl (C=O) groups excluding carboxylic acids is 1. The molecular formula is C23H30N2O3S. The molecule has 29 heavy (non-hydrogen) atoms. The highest BCUT2D eigenvalue weighted by molar-refractivity contribution is 7.16. The number of amides is 1. The van der Waals surface area contributed by atoms with Gasteiger partial charge in [0.2, 0.25) is 0 Å². The van der Waals surface area contributed by atoms with E-state index in [1.54, 1.807) is 23.5 Å². The summed E-state index contributed by atoms with van der Waals surface area (Å²) in [6.07, 6.45) is 3.85. The van der Waals surface area contributed by atoms with E-state index in [0.29, 0.717) is 29.3 Å². The Kier molecular flexibility index (Phi) is 5.23. The van der Waals surface area contributed by atoms with Crippen LogP contribution < -0.4 is 15.4 Å². The highest BCUT2D eigenvalue weighted by Crippen LogP contribution is 2.47. The topological polar surface area (TPSA) is 70.6 Å². The number of anilines is 1. The molecule has 0 saturated heterocycles. The van der Waals surface area contributed by atoms with Gasteiger partial charge in [-0.25, -0.2) is 0 Å². The Morgan fingerprint density at radius 2 is 2.07 bits per heavy atom. The Labute approximate surface area is 176 Å². The first-order chi connectivity index (χ1) is 13.8. The first kappa shape index (κ1) is 20.1. The van der Waals surface area contributed by atoms with Gasteiger partial charge in [-0.3, -0.25) is 4.79 Å². The van der Waals surface area contributed by atoms with Crippen molar-refractivity contribution < 1.29 is 14.6 Å². The minimum absolute atomic E-state index is 0.0530. The Morgan fingerprint density at radius 1 is 1.28 bits per heavy atom. The van der Waals surface area contributed by atoms with E-state index in [1.807, 2.05) is 13.0 Å². The number of hydrogen-bond donors (Lipinski definition) is 3. The average molecular weight is 415 g/mol. The summed E-state index contributed by atoms with van der Waals surface area (Å²) >= 11 is 1.71. The van der Waals surface area contributed by atoms with Gasteiger partial charge in [0.1, 0.15) is 22.7 Å². The summed E-state index contributed by atoms with van der Waals surface area (Å²) < 4.78 is 5.44. The van der Waals surface area contributed by atoms with E-state index in [0.717, 1.165) is 36.2 Å². The second-order valence-electron chi connectivity index (χ2n) is 8.69. The van der Waals surface area contributed by atoms with Gasteiger partial charge < -0.3 is 20.5 Å². The molecule has 2 atom stereocenters. The zero-order valence-electron chi connectivity index (χ0n) is 17.6. The predicted octanol–water partition coefficient (Wildman–Crippen LogP) is 5.25. The molecule has 2 heterocycles. The molecule has 6 heteroatoms. The van der Waals surface area contributed by atoms with E-state index < -0.39 is 6.17 Å². The number of carbonyl (C=O) groups is 1. The zero-order valence-corrected chi connectivity index (χ0v) is 18.4. The van der Waals surface area contributed by atoms with Crippen molar-refractivity contribution in [3.8, 4) is 11.5 Å². The molecule has 1 aliphatic heterocycles. The molecule has 1 aliphatic carbocycles. The van der Waals surface area contributed by atoms with E-state index in [4.69, 9.17) is 4.74 Å². The molecule has 4 rings (SSSR count). The van der Waals surface area contributed by atoms with Gasteiger partial charge >= 0.3 is 0 Å². The van der Waals surface area contributed by atoms with Crippen LogP contribution in [0.4, 0.5) is 5.00 Å². The van der Waals surface area contributed by atoms with E-state index in [9.17, 15) is 9.90 Å². The third-order valence-corrected chi connectivity index (χ3v) is 7.87. The quantitative estimate of drug-likeness (QED) is 0.625. The number of nitrogens with one attached hydrogen (secondary N) is 2. The molecule has 0 radical (unpaired) electrons. The van der Waals surface area contributed by atoms with Crippen molar-refractivity contribution in [3.05, 3.63) is 39.8 Å². The van der Waals surface area contributed by atoms with Crippen LogP contribution in [-0.4, -0.2) is 17.6 Å². The van der Waals surface area contributed by atoms with Crippen molar-refractivity contribution in [2.24, 2.45) is 11.3 Å². The van der Waals surface area contributed by atoms with Gasteiger partial charge in [0.25, 0.3) is 5.91 Å². The first-order valence-electron chi connectivity index (χ1n) is 10.5. The molecule has 5 nitrogen and oxygen atoms in total. The second kappa shape index (κ2) is 7.56. The molecule has 1 aromatic heterocycles. The molecule has 2 unspecified atom stereocenters. The molecule has 156 valence electrons. The number of hydrogen-bond acceptors (Lipinski definition) is 5. The molecule has 2 aromatic rings. The van der Waals surface area contributed by atoms with Crippen molar-refractivity contribution in [1.82, 2.24) is 5.32 Å². The number of phenols is 1. The molecule has 1 amide bonds. The summed E-state index contributed by atoms with van der Waals surface area (Å²) in [7, 11) is 0. The van der Waals surface area contributed by atoms with Crippen LogP contribution in [0.25, 0.3) is 0 Å². The van der Waals surface area contributed by atoms with Crippen LogP contribution in [0.2, 0.25) is 0 Å². The predicted molar refractivity (Wildman–Crippen MR) is 117 cm³/mol. The van der Waals surface area contributed by atoms with Crippen molar-refractivity contribution in [2.75, 3.05) is 11.9 Å². The number of thiophene rings is 1. The van der Waals surface area contributed by atoms with Crippen LogP contribution in [0.5, 0.6) is 11.5 Å². The van der Waals surface area contributed by atoms with Crippen molar-refractivity contribution in [2.45, 2.75) is 59.5 Å². The molecule has 0 bridgehead atoms. The molecule has 3 N–H and O–H groups in total. The van der Waals surface area contributed by atoms with Crippen LogP contribution in [-0.2, 0) is 12.8 Å². The zero-order chi connectivity index (χ0) is 20.8. The minimum Gasteiger partial charge on any atom is -0.507 e. The summed E-state index contributed by atoms with van der Waals surface area (Å²) in [5.74, 6) is 1.33. The lowest BCUT2D eigenvalue weighted by Crippen LogP contribution is -2.38. The van der Waals surface area contributed by atoms with Gasteiger partial charge in [-0.2, -0.15) is 0 Å². The average Bonchev–Trinajstić information content (AvgIpc) is 3.06. The van der Waals surface area contributed by atoms with Crippen LogP contribution in [0, 0.1) is 11.3 Å². The lowest BCUT2D eigenvalue weighted by molar-refractivity contribution is 0.0934. The van der Waals surface area contributed by atoms with Crippen molar-refractivity contribution in [3.63, 3.8) is 0 Å². The number of ether oxygens (including phenoxy) is 1. The smallest absolute Gasteiger partial charge is 0.256 e. The maximum absolute atomic E-state index is 13.0. The molecule has 0 spiro atoms. The van der Waals surface area contributed by atoms with E-state index in [-0.39, 0.29) is 11.7 Å². The van der Waals surface area contributed by atoms with Gasteiger partial charge in [-0.15, -0.1) is 11.3 Å². The monoisotopic (exact) mass is 414 g/mol. The number of rotatable bonds is 5. The molecule has 1 aromatic carbocycles. The van der Waals surface area contributed by atoms with Gasteiger partial charge in [0, 0.05) is 16.5 Å². The summed E-state index contributed by atoms with van der Waals surface area (Å²) in [5, 5.41) is 17.8. The molecular weight excluding hydrogens is 384 g/mol. The number of phenolic OH excluding ortho intramolecular Hbond substituents is 1. The normalized spacial score (nSPS) is 21.0. The molecule has 0 saturated carbocycles. The molecule has 0 fully saturated rings. The highest BCUT2D eigenvalue weighted by Gasteiger charge is 2.37. The standard InChI is InChI=1S/C23H30N2O3S/c1-5-23(3,4)13-7-9-16-18(11-13)29-22-19(16)21(27)24-20(25-22)15-10-8-14(28-6-2)12-17(15)26/h8,10,12-13,20,25-26H,5-7,9,11H2,1-4H3,(H,24,27). The van der Waals surface area contributed by atoms with Gasteiger partial charge in [0.15, 0.2) is 0 Å². The summed E-state index contributed by atoms with van der Waals surface area (Å²) in [4.78, 5) is 14.3. The molecule has 2 aliphatic rings. The van der Waals surface area contributed by atoms with Gasteiger partial charge in [-0.05, 0) is 55.2 Å². The Bertz CT molecular complexity index is 934. The summed E-state index contributed by atoms with van der Waals surface area (Å²) in [5.41, 5.74) is 2.98. The highest BCUT2D eigenvalue weighted by atomic mass is 32.1. The maximum atomic E-state index is 13.0. The fraction of sp³-hybridized carbons (Fsp3) is 0.522. The van der Waals surface area contributed by atoms with Gasteiger partial charge in [0.05, 0.1) is 12.2 Å². The number of benzene rings is 1. The van der Waals surface area contributed by atoms with E-state index in [1.165, 1.54) is 10.4 Å². The van der Waals surface area contributed by atoms with Crippen LogP contribution in [0.1, 0.15) is 73.1 Å². The number of fused-ring (bicyclic) bond motifs is 3. The summed E-state index contributed by atoms with van der Waals surface area (Å²) in [6.45, 7) is 9.41. The SMILES string of the molecule is CCOc1ccc(C2NC(=O)c3c(sc4c3CCC(C(C)(C)CC)C4)N2)c(O)c1. The fourth-order valence-corrected chi connectivity index (χ4v) is 5.79.